The highest BCUT2D eigenvalue weighted by molar-refractivity contribution is 6.12. The van der Waals surface area contributed by atoms with Crippen LogP contribution in [0.25, 0.3) is 5.70 Å². The number of hydrogen-bond donors (Lipinski definition) is 1. The highest BCUT2D eigenvalue weighted by atomic mass is 19.1. The third-order valence-corrected chi connectivity index (χ3v) is 7.47. The van der Waals surface area contributed by atoms with Crippen molar-refractivity contribution in [1.82, 2.24) is 24.8 Å². The van der Waals surface area contributed by atoms with Crippen molar-refractivity contribution in [3.05, 3.63) is 53.6 Å². The van der Waals surface area contributed by atoms with Crippen LogP contribution in [0.5, 0.6) is 5.75 Å². The molecular weight excluding hydrogens is 540 g/mol. The summed E-state index contributed by atoms with van der Waals surface area (Å²) in [5, 5.41) is 4.60. The van der Waals surface area contributed by atoms with E-state index in [0.29, 0.717) is 62.3 Å². The number of carbonyl (C=O) groups excluding carboxylic acids is 1. The molecule has 2 fully saturated rings. The number of rotatable bonds is 9. The molecule has 5 heterocycles. The Hall–Kier alpha value is -4.21. The number of benzene rings is 1. The largest absolute Gasteiger partial charge is 0.488 e. The molecule has 13 nitrogen and oxygen atoms in total. The summed E-state index contributed by atoms with van der Waals surface area (Å²) in [6.45, 7) is 3.64. The van der Waals surface area contributed by atoms with Gasteiger partial charge >= 0.3 is 6.03 Å². The number of methoxy groups -OCH3 is 1. The van der Waals surface area contributed by atoms with Crippen molar-refractivity contribution in [2.45, 2.75) is 6.29 Å². The Bertz CT molecular complexity index is 1390. The van der Waals surface area contributed by atoms with E-state index in [0.717, 1.165) is 6.07 Å². The summed E-state index contributed by atoms with van der Waals surface area (Å²) in [6.07, 6.45) is 2.41. The van der Waals surface area contributed by atoms with E-state index in [-0.39, 0.29) is 30.7 Å². The van der Waals surface area contributed by atoms with Gasteiger partial charge in [0.2, 0.25) is 6.29 Å². The van der Waals surface area contributed by atoms with Gasteiger partial charge in [0.05, 0.1) is 18.6 Å². The summed E-state index contributed by atoms with van der Waals surface area (Å²) in [5.74, 6) is 5.87. The fourth-order valence-corrected chi connectivity index (χ4v) is 5.34. The zero-order valence-corrected chi connectivity index (χ0v) is 22.7. The third kappa shape index (κ3) is 4.85. The number of piperazine rings is 1. The van der Waals surface area contributed by atoms with Gasteiger partial charge < -0.3 is 18.8 Å². The van der Waals surface area contributed by atoms with Crippen molar-refractivity contribution in [2.24, 2.45) is 15.8 Å². The lowest BCUT2D eigenvalue weighted by Gasteiger charge is -2.37. The number of carbonyl (C=O) groups is 1. The van der Waals surface area contributed by atoms with E-state index in [1.807, 2.05) is 4.90 Å². The van der Waals surface area contributed by atoms with Crippen molar-refractivity contribution in [3.63, 3.8) is 0 Å². The number of ether oxygens (including phenoxy) is 2. The maximum absolute atomic E-state index is 14.8. The predicted molar refractivity (Wildman–Crippen MR) is 145 cm³/mol. The summed E-state index contributed by atoms with van der Waals surface area (Å²) < 4.78 is 45.1. The van der Waals surface area contributed by atoms with E-state index in [2.05, 4.69) is 9.89 Å². The summed E-state index contributed by atoms with van der Waals surface area (Å²) in [7, 11) is 3.19. The third-order valence-electron chi connectivity index (χ3n) is 7.47. The van der Waals surface area contributed by atoms with Crippen molar-refractivity contribution < 1.29 is 27.5 Å². The van der Waals surface area contributed by atoms with Crippen LogP contribution in [0.1, 0.15) is 5.76 Å². The molecule has 2 N–H and O–H groups in total. The molecule has 41 heavy (non-hydrogen) atoms. The van der Waals surface area contributed by atoms with Gasteiger partial charge in [-0.1, -0.05) is 0 Å². The lowest BCUT2D eigenvalue weighted by Crippen LogP contribution is -2.49. The molecule has 6 rings (SSSR count). The fourth-order valence-electron chi connectivity index (χ4n) is 5.34. The van der Waals surface area contributed by atoms with Crippen molar-refractivity contribution in [2.75, 3.05) is 71.5 Å². The smallest absolute Gasteiger partial charge is 0.341 e. The second-order valence-electron chi connectivity index (χ2n) is 9.87. The number of hydrazine groups is 2. The van der Waals surface area contributed by atoms with E-state index in [4.69, 9.17) is 24.7 Å². The van der Waals surface area contributed by atoms with Gasteiger partial charge in [-0.15, -0.1) is 0 Å². The van der Waals surface area contributed by atoms with Crippen LogP contribution in [-0.4, -0.2) is 116 Å². The molecule has 2 aromatic rings. The topological polar surface area (TPSA) is 119 Å². The molecule has 2 saturated heterocycles. The lowest BCUT2D eigenvalue weighted by atomic mass is 10.2. The Morgan fingerprint density at radius 2 is 1.93 bits per heavy atom. The standard InChI is InChI=1S/C26H31F2N9O4/c1-32-26(38)35(25-31-24-23(37(25)32)22(30-16-36(24)29)20-4-3-11-40-20)10-7-33-5-8-34(9-6-33)19-14-18(28)21(15-17(19)27)41-13-12-39-2/h3-4,11,14-16,25H,5-10,12-13,29H2,1-2H3. The minimum absolute atomic E-state index is 0.131. The van der Waals surface area contributed by atoms with Gasteiger partial charge in [0.15, 0.2) is 23.2 Å². The number of fused-ring (bicyclic) bond motifs is 3. The first-order valence-electron chi connectivity index (χ1n) is 13.2. The molecule has 0 spiro atoms. The summed E-state index contributed by atoms with van der Waals surface area (Å²) in [5.41, 5.74) is 1.33. The number of amides is 2. The summed E-state index contributed by atoms with van der Waals surface area (Å²) >= 11 is 0. The first kappa shape index (κ1) is 27.0. The second-order valence-corrected chi connectivity index (χ2v) is 9.87. The van der Waals surface area contributed by atoms with Gasteiger partial charge in [-0.3, -0.25) is 9.80 Å². The molecule has 1 unspecified atom stereocenters. The number of hydrogen-bond acceptors (Lipinski definition) is 11. The van der Waals surface area contributed by atoms with Crippen LogP contribution in [0.3, 0.4) is 0 Å². The molecule has 4 aliphatic heterocycles. The first-order valence-corrected chi connectivity index (χ1v) is 13.2. The monoisotopic (exact) mass is 571 g/mol. The Balaban J connectivity index is 1.10. The Morgan fingerprint density at radius 3 is 2.66 bits per heavy atom. The molecule has 0 bridgehead atoms. The van der Waals surface area contributed by atoms with Crippen LogP contribution in [0.15, 0.2) is 50.6 Å². The second kappa shape index (κ2) is 11.0. The van der Waals surface area contributed by atoms with Crippen LogP contribution in [-0.2, 0) is 4.74 Å². The normalized spacial score (nSPS) is 20.8. The highest BCUT2D eigenvalue weighted by Crippen LogP contribution is 2.38. The molecule has 1 aromatic carbocycles. The van der Waals surface area contributed by atoms with Crippen LogP contribution in [0, 0.1) is 11.6 Å². The number of amidine groups is 1. The minimum atomic E-state index is -0.619. The maximum Gasteiger partial charge on any atom is 0.341 e. The molecule has 0 aliphatic carbocycles. The van der Waals surface area contributed by atoms with Gasteiger partial charge in [-0.2, -0.15) is 0 Å². The Kier molecular flexibility index (Phi) is 7.23. The van der Waals surface area contributed by atoms with E-state index < -0.39 is 17.9 Å². The summed E-state index contributed by atoms with van der Waals surface area (Å²) in [6, 6.07) is 5.60. The van der Waals surface area contributed by atoms with Gasteiger partial charge in [-0.05, 0) is 12.1 Å². The van der Waals surface area contributed by atoms with Gasteiger partial charge in [0.1, 0.15) is 30.2 Å². The number of aliphatic imine (C=N–C) groups is 2. The van der Waals surface area contributed by atoms with Gasteiger partial charge in [0.25, 0.3) is 0 Å². The highest BCUT2D eigenvalue weighted by Gasteiger charge is 2.51. The van der Waals surface area contributed by atoms with E-state index in [1.54, 1.807) is 35.4 Å². The minimum Gasteiger partial charge on any atom is -0.488 e. The van der Waals surface area contributed by atoms with E-state index in [9.17, 15) is 13.6 Å². The molecule has 2 amide bonds. The van der Waals surface area contributed by atoms with Crippen molar-refractivity contribution >= 4 is 29.6 Å². The fraction of sp³-hybridized carbons (Fsp3) is 0.423. The molecule has 15 heteroatoms. The molecule has 218 valence electrons. The SMILES string of the molecule is COCCOc1cc(F)c(N2CCN(CCN3C(=O)N(C)N4C5=C(c6ccco6)N=CN(N)C5=NC34)CC2)cc1F. The van der Waals surface area contributed by atoms with Crippen molar-refractivity contribution in [1.29, 1.82) is 0 Å². The Labute approximate surface area is 235 Å². The number of urea groups is 1. The number of nitrogens with zero attached hydrogens (tertiary/aromatic N) is 8. The van der Waals surface area contributed by atoms with E-state index in [1.165, 1.54) is 29.5 Å². The predicted octanol–water partition coefficient (Wildman–Crippen LogP) is 1.57. The average Bonchev–Trinajstić information content (AvgIpc) is 3.69. The van der Waals surface area contributed by atoms with Crippen LogP contribution >= 0.6 is 0 Å². The van der Waals surface area contributed by atoms with Crippen molar-refractivity contribution in [3.8, 4) is 5.75 Å². The van der Waals surface area contributed by atoms with Crippen LogP contribution < -0.4 is 15.5 Å². The average molecular weight is 572 g/mol. The lowest BCUT2D eigenvalue weighted by molar-refractivity contribution is 0.0841. The van der Waals surface area contributed by atoms with Gasteiger partial charge in [-0.25, -0.2) is 44.4 Å². The number of furan rings is 1. The zero-order valence-electron chi connectivity index (χ0n) is 22.7. The van der Waals surface area contributed by atoms with Crippen LogP contribution in [0.4, 0.5) is 19.3 Å². The van der Waals surface area contributed by atoms with Gasteiger partial charge in [0, 0.05) is 65.6 Å². The summed E-state index contributed by atoms with van der Waals surface area (Å²) in [4.78, 5) is 28.1. The molecule has 1 atom stereocenters. The molecule has 0 radical (unpaired) electrons. The maximum atomic E-state index is 14.8. The Morgan fingerprint density at radius 1 is 1.12 bits per heavy atom. The number of nitrogens with two attached hydrogens (primary N) is 1. The first-order chi connectivity index (χ1) is 19.9. The molecule has 0 saturated carbocycles. The van der Waals surface area contributed by atoms with Crippen LogP contribution in [0.2, 0.25) is 0 Å². The van der Waals surface area contributed by atoms with E-state index >= 15 is 0 Å². The molecule has 1 aromatic heterocycles. The zero-order chi connectivity index (χ0) is 28.7. The quantitative estimate of drug-likeness (QED) is 0.354. The molecular formula is C26H31F2N9O4. The number of anilines is 1. The number of halogens is 2. The molecule has 4 aliphatic rings.